The zero-order valence-electron chi connectivity index (χ0n) is 11.4. The van der Waals surface area contributed by atoms with Gasteiger partial charge in [-0.15, -0.1) is 0 Å². The maximum Gasteiger partial charge on any atom is 0.254 e. The minimum Gasteiger partial charge on any atom is -0.508 e. The third kappa shape index (κ3) is 3.74. The molecule has 1 amide bonds. The molecule has 0 aliphatic heterocycles. The van der Waals surface area contributed by atoms with E-state index in [2.05, 4.69) is 0 Å². The number of carbonyl (C=O) groups excluding carboxylic acids is 1. The molecule has 0 heterocycles. The van der Waals surface area contributed by atoms with E-state index < -0.39 is 5.60 Å². The van der Waals surface area contributed by atoms with Crippen LogP contribution in [-0.2, 0) is 0 Å². The fraction of sp³-hybridized carbons (Fsp3) is 0.500. The van der Waals surface area contributed by atoms with Crippen LogP contribution in [0.5, 0.6) is 5.75 Å². The highest BCUT2D eigenvalue weighted by Gasteiger charge is 2.23. The highest BCUT2D eigenvalue weighted by molar-refractivity contribution is 5.95. The van der Waals surface area contributed by atoms with E-state index in [0.29, 0.717) is 12.1 Å². The molecule has 0 saturated heterocycles. The van der Waals surface area contributed by atoms with Crippen molar-refractivity contribution >= 4 is 5.91 Å². The Morgan fingerprint density at radius 2 is 2.00 bits per heavy atom. The molecule has 0 saturated carbocycles. The molecule has 0 bridgehead atoms. The van der Waals surface area contributed by atoms with Gasteiger partial charge in [-0.05, 0) is 51.5 Å². The first kappa shape index (κ1) is 14.5. The topological polar surface area (TPSA) is 60.8 Å². The first-order chi connectivity index (χ1) is 8.24. The van der Waals surface area contributed by atoms with Crippen LogP contribution in [0.2, 0.25) is 0 Å². The van der Waals surface area contributed by atoms with Crippen LogP contribution in [0, 0.1) is 6.92 Å². The number of aliphatic hydroxyl groups is 1. The predicted molar refractivity (Wildman–Crippen MR) is 70.7 cm³/mol. The van der Waals surface area contributed by atoms with Crippen LogP contribution < -0.4 is 0 Å². The molecule has 18 heavy (non-hydrogen) atoms. The molecular weight excluding hydrogens is 230 g/mol. The van der Waals surface area contributed by atoms with Crippen molar-refractivity contribution in [2.45, 2.75) is 33.3 Å². The number of aromatic hydroxyl groups is 1. The highest BCUT2D eigenvalue weighted by atomic mass is 16.3. The molecule has 0 radical (unpaired) electrons. The van der Waals surface area contributed by atoms with Crippen molar-refractivity contribution in [1.29, 1.82) is 0 Å². The van der Waals surface area contributed by atoms with Gasteiger partial charge in [-0.25, -0.2) is 0 Å². The summed E-state index contributed by atoms with van der Waals surface area (Å²) in [5, 5.41) is 19.1. The van der Waals surface area contributed by atoms with Crippen LogP contribution in [0.25, 0.3) is 0 Å². The van der Waals surface area contributed by atoms with Gasteiger partial charge >= 0.3 is 0 Å². The second-order valence-corrected chi connectivity index (χ2v) is 5.13. The number of aryl methyl sites for hydroxylation is 1. The lowest BCUT2D eigenvalue weighted by Crippen LogP contribution is -2.42. The lowest BCUT2D eigenvalue weighted by molar-refractivity contribution is 0.0314. The standard InChI is InChI=1S/C14H21NO3/c1-5-15(9-14(3,4)18)13(17)12-7-6-11(16)8-10(12)2/h6-8,16,18H,5,9H2,1-4H3. The summed E-state index contributed by atoms with van der Waals surface area (Å²) in [4.78, 5) is 13.9. The number of rotatable bonds is 4. The lowest BCUT2D eigenvalue weighted by Gasteiger charge is -2.28. The number of hydrogen-bond donors (Lipinski definition) is 2. The summed E-state index contributed by atoms with van der Waals surface area (Å²) in [6.45, 7) is 7.81. The predicted octanol–water partition coefficient (Wildman–Crippen LogP) is 1.93. The lowest BCUT2D eigenvalue weighted by atomic mass is 10.1. The number of likely N-dealkylation sites (N-methyl/N-ethyl adjacent to an activating group) is 1. The molecule has 4 heteroatoms. The number of benzene rings is 1. The van der Waals surface area contributed by atoms with Gasteiger partial charge in [-0.1, -0.05) is 0 Å². The molecular formula is C14H21NO3. The molecule has 4 nitrogen and oxygen atoms in total. The number of phenols is 1. The fourth-order valence-corrected chi connectivity index (χ4v) is 1.85. The van der Waals surface area contributed by atoms with Gasteiger partial charge in [-0.3, -0.25) is 4.79 Å². The smallest absolute Gasteiger partial charge is 0.254 e. The summed E-state index contributed by atoms with van der Waals surface area (Å²) in [6.07, 6.45) is 0. The molecule has 2 N–H and O–H groups in total. The van der Waals surface area contributed by atoms with Crippen LogP contribution in [0.1, 0.15) is 36.7 Å². The molecule has 0 aliphatic carbocycles. The maximum absolute atomic E-state index is 12.3. The van der Waals surface area contributed by atoms with Gasteiger partial charge in [0.15, 0.2) is 0 Å². The Kier molecular flexibility index (Phi) is 4.35. The third-order valence-corrected chi connectivity index (χ3v) is 2.69. The Morgan fingerprint density at radius 3 is 2.44 bits per heavy atom. The van der Waals surface area contributed by atoms with Gasteiger partial charge in [0.05, 0.1) is 5.60 Å². The molecule has 100 valence electrons. The number of carbonyl (C=O) groups is 1. The monoisotopic (exact) mass is 251 g/mol. The van der Waals surface area contributed by atoms with Crippen LogP contribution in [-0.4, -0.2) is 39.7 Å². The quantitative estimate of drug-likeness (QED) is 0.859. The molecule has 1 rings (SSSR count). The molecule has 0 fully saturated rings. The zero-order chi connectivity index (χ0) is 13.9. The van der Waals surface area contributed by atoms with Gasteiger partial charge in [0.25, 0.3) is 5.91 Å². The van der Waals surface area contributed by atoms with E-state index in [4.69, 9.17) is 0 Å². The first-order valence-electron chi connectivity index (χ1n) is 6.06. The Morgan fingerprint density at radius 1 is 1.39 bits per heavy atom. The molecule has 0 spiro atoms. The third-order valence-electron chi connectivity index (χ3n) is 2.69. The number of hydrogen-bond acceptors (Lipinski definition) is 3. The maximum atomic E-state index is 12.3. The van der Waals surface area contributed by atoms with Gasteiger partial charge in [0, 0.05) is 18.7 Å². The Labute approximate surface area is 108 Å². The summed E-state index contributed by atoms with van der Waals surface area (Å²) in [6, 6.07) is 4.67. The molecule has 0 aromatic heterocycles. The van der Waals surface area contributed by atoms with Crippen molar-refractivity contribution in [3.63, 3.8) is 0 Å². The van der Waals surface area contributed by atoms with E-state index >= 15 is 0 Å². The largest absolute Gasteiger partial charge is 0.508 e. The van der Waals surface area contributed by atoms with Crippen LogP contribution in [0.15, 0.2) is 18.2 Å². The van der Waals surface area contributed by atoms with E-state index in [1.807, 2.05) is 6.92 Å². The van der Waals surface area contributed by atoms with Crippen molar-refractivity contribution in [3.05, 3.63) is 29.3 Å². The number of nitrogens with zero attached hydrogens (tertiary/aromatic N) is 1. The second-order valence-electron chi connectivity index (χ2n) is 5.13. The van der Waals surface area contributed by atoms with Crippen molar-refractivity contribution in [1.82, 2.24) is 4.90 Å². The average molecular weight is 251 g/mol. The van der Waals surface area contributed by atoms with Crippen LogP contribution >= 0.6 is 0 Å². The average Bonchev–Trinajstić information content (AvgIpc) is 2.24. The Balaban J connectivity index is 2.97. The van der Waals surface area contributed by atoms with Gasteiger partial charge in [0.2, 0.25) is 0 Å². The van der Waals surface area contributed by atoms with E-state index in [9.17, 15) is 15.0 Å². The molecule has 1 aromatic rings. The summed E-state index contributed by atoms with van der Waals surface area (Å²) in [7, 11) is 0. The molecule has 0 unspecified atom stereocenters. The van der Waals surface area contributed by atoms with E-state index in [-0.39, 0.29) is 18.2 Å². The van der Waals surface area contributed by atoms with Crippen molar-refractivity contribution in [2.75, 3.05) is 13.1 Å². The summed E-state index contributed by atoms with van der Waals surface area (Å²) >= 11 is 0. The first-order valence-corrected chi connectivity index (χ1v) is 6.06. The molecule has 0 aliphatic rings. The van der Waals surface area contributed by atoms with E-state index in [1.54, 1.807) is 37.8 Å². The van der Waals surface area contributed by atoms with Gasteiger partial charge in [-0.2, -0.15) is 0 Å². The van der Waals surface area contributed by atoms with Crippen LogP contribution in [0.4, 0.5) is 0 Å². The van der Waals surface area contributed by atoms with E-state index in [0.717, 1.165) is 5.56 Å². The Bertz CT molecular complexity index is 435. The fourth-order valence-electron chi connectivity index (χ4n) is 1.85. The number of amides is 1. The molecule has 0 atom stereocenters. The number of phenolic OH excluding ortho intramolecular Hbond substituents is 1. The summed E-state index contributed by atoms with van der Waals surface area (Å²) < 4.78 is 0. The summed E-state index contributed by atoms with van der Waals surface area (Å²) in [5.74, 6) is 0.0201. The van der Waals surface area contributed by atoms with Crippen molar-refractivity contribution in [3.8, 4) is 5.75 Å². The van der Waals surface area contributed by atoms with Gasteiger partial charge < -0.3 is 15.1 Å². The van der Waals surface area contributed by atoms with Crippen molar-refractivity contribution < 1.29 is 15.0 Å². The van der Waals surface area contributed by atoms with E-state index in [1.165, 1.54) is 6.07 Å². The minimum atomic E-state index is -0.920. The SMILES string of the molecule is CCN(CC(C)(C)O)C(=O)c1ccc(O)cc1C. The highest BCUT2D eigenvalue weighted by Crippen LogP contribution is 2.18. The minimum absolute atomic E-state index is 0.128. The van der Waals surface area contributed by atoms with Crippen molar-refractivity contribution in [2.24, 2.45) is 0 Å². The van der Waals surface area contributed by atoms with Gasteiger partial charge in [0.1, 0.15) is 5.75 Å². The second kappa shape index (κ2) is 5.40. The zero-order valence-corrected chi connectivity index (χ0v) is 11.4. The normalized spacial score (nSPS) is 11.4. The summed E-state index contributed by atoms with van der Waals surface area (Å²) in [5.41, 5.74) is 0.365. The Hall–Kier alpha value is -1.55. The molecule has 1 aromatic carbocycles. The van der Waals surface area contributed by atoms with Crippen LogP contribution in [0.3, 0.4) is 0 Å².